The van der Waals surface area contributed by atoms with Gasteiger partial charge in [-0.1, -0.05) is 48.0 Å². The van der Waals surface area contributed by atoms with Crippen molar-refractivity contribution in [1.29, 1.82) is 0 Å². The predicted octanol–water partition coefficient (Wildman–Crippen LogP) is 4.92. The molecular weight excluding hydrogens is 424 g/mol. The van der Waals surface area contributed by atoms with Gasteiger partial charge >= 0.3 is 0 Å². The molecule has 3 aromatic rings. The molecule has 3 atom stereocenters. The van der Waals surface area contributed by atoms with Gasteiger partial charge in [-0.3, -0.25) is 9.59 Å². The SMILES string of the molecule is Cc1ccccc1C(=O)NC1CC(C)N(C(=O)c2ccccc2)c2ccc(Cl)cc2C1O. The minimum atomic E-state index is -1.02. The van der Waals surface area contributed by atoms with Gasteiger partial charge < -0.3 is 15.3 Å². The van der Waals surface area contributed by atoms with Gasteiger partial charge in [0, 0.05) is 27.8 Å². The fourth-order valence-electron chi connectivity index (χ4n) is 4.28. The average Bonchev–Trinajstić information content (AvgIpc) is 2.88. The zero-order valence-corrected chi connectivity index (χ0v) is 18.7. The number of carbonyl (C=O) groups is 2. The van der Waals surface area contributed by atoms with Crippen LogP contribution in [0.4, 0.5) is 5.69 Å². The van der Waals surface area contributed by atoms with Crippen LogP contribution >= 0.6 is 11.6 Å². The number of benzene rings is 3. The van der Waals surface area contributed by atoms with E-state index in [1.165, 1.54) is 0 Å². The molecular formula is C26H25ClN2O3. The lowest BCUT2D eigenvalue weighted by molar-refractivity contribution is 0.0820. The molecule has 1 aliphatic rings. The Kier molecular flexibility index (Phi) is 6.31. The van der Waals surface area contributed by atoms with Gasteiger partial charge in [0.15, 0.2) is 0 Å². The Morgan fingerprint density at radius 3 is 2.44 bits per heavy atom. The molecule has 3 unspecified atom stereocenters. The third kappa shape index (κ3) is 4.27. The first kappa shape index (κ1) is 22.1. The molecule has 32 heavy (non-hydrogen) atoms. The van der Waals surface area contributed by atoms with Crippen molar-refractivity contribution in [2.24, 2.45) is 0 Å². The van der Waals surface area contributed by atoms with Crippen molar-refractivity contribution in [2.75, 3.05) is 4.90 Å². The van der Waals surface area contributed by atoms with E-state index < -0.39 is 12.1 Å². The fourth-order valence-corrected chi connectivity index (χ4v) is 4.46. The molecule has 2 amide bonds. The maximum atomic E-state index is 13.4. The van der Waals surface area contributed by atoms with Crippen LogP contribution in [-0.4, -0.2) is 29.0 Å². The van der Waals surface area contributed by atoms with Gasteiger partial charge in [0.2, 0.25) is 0 Å². The van der Waals surface area contributed by atoms with E-state index in [1.807, 2.05) is 50.2 Å². The van der Waals surface area contributed by atoms with E-state index in [9.17, 15) is 14.7 Å². The molecule has 1 aliphatic heterocycles. The summed E-state index contributed by atoms with van der Waals surface area (Å²) in [6.45, 7) is 3.79. The van der Waals surface area contributed by atoms with Crippen molar-refractivity contribution in [3.63, 3.8) is 0 Å². The van der Waals surface area contributed by atoms with Crippen LogP contribution in [0.5, 0.6) is 0 Å². The Balaban J connectivity index is 1.72. The van der Waals surface area contributed by atoms with Crippen molar-refractivity contribution in [3.05, 3.63) is 100 Å². The zero-order valence-electron chi connectivity index (χ0n) is 18.0. The van der Waals surface area contributed by atoms with Gasteiger partial charge in [-0.25, -0.2) is 0 Å². The first-order valence-electron chi connectivity index (χ1n) is 10.6. The summed E-state index contributed by atoms with van der Waals surface area (Å²) in [5, 5.41) is 14.7. The number of carbonyl (C=O) groups excluding carboxylic acids is 2. The lowest BCUT2D eigenvalue weighted by Gasteiger charge is -2.29. The van der Waals surface area contributed by atoms with Crippen LogP contribution in [0.1, 0.15) is 51.3 Å². The number of fused-ring (bicyclic) bond motifs is 1. The lowest BCUT2D eigenvalue weighted by Crippen LogP contribution is -2.44. The summed E-state index contributed by atoms with van der Waals surface area (Å²) in [7, 11) is 0. The van der Waals surface area contributed by atoms with E-state index in [1.54, 1.807) is 41.3 Å². The smallest absolute Gasteiger partial charge is 0.258 e. The molecule has 5 nitrogen and oxygen atoms in total. The van der Waals surface area contributed by atoms with E-state index in [-0.39, 0.29) is 17.9 Å². The zero-order chi connectivity index (χ0) is 22.8. The molecule has 0 aromatic heterocycles. The number of nitrogens with one attached hydrogen (secondary N) is 1. The monoisotopic (exact) mass is 448 g/mol. The Hall–Kier alpha value is -3.15. The number of aryl methyl sites for hydroxylation is 1. The maximum Gasteiger partial charge on any atom is 0.258 e. The van der Waals surface area contributed by atoms with Crippen molar-refractivity contribution < 1.29 is 14.7 Å². The summed E-state index contributed by atoms with van der Waals surface area (Å²) in [5.74, 6) is -0.425. The van der Waals surface area contributed by atoms with Gasteiger partial charge in [-0.05, 0) is 62.2 Å². The second-order valence-electron chi connectivity index (χ2n) is 8.17. The third-order valence-electron chi connectivity index (χ3n) is 5.93. The molecule has 0 spiro atoms. The van der Waals surface area contributed by atoms with Gasteiger partial charge in [0.05, 0.1) is 11.7 Å². The Morgan fingerprint density at radius 2 is 1.72 bits per heavy atom. The molecule has 3 aromatic carbocycles. The standard InChI is InChI=1S/C26H25ClN2O3/c1-16-8-6-7-11-20(16)25(31)28-22-14-17(2)29(26(32)18-9-4-3-5-10-18)23-13-12-19(27)15-21(23)24(22)30/h3-13,15,17,22,24,30H,14H2,1-2H3,(H,28,31). The summed E-state index contributed by atoms with van der Waals surface area (Å²) in [5.41, 5.74) is 3.07. The molecule has 164 valence electrons. The molecule has 0 saturated heterocycles. The summed E-state index contributed by atoms with van der Waals surface area (Å²) in [4.78, 5) is 28.1. The summed E-state index contributed by atoms with van der Waals surface area (Å²) in [6.07, 6.45) is -0.642. The second-order valence-corrected chi connectivity index (χ2v) is 8.61. The number of aliphatic hydroxyl groups excluding tert-OH is 1. The molecule has 0 aliphatic carbocycles. The number of rotatable bonds is 3. The molecule has 1 heterocycles. The van der Waals surface area contributed by atoms with Gasteiger partial charge in [-0.2, -0.15) is 0 Å². The summed E-state index contributed by atoms with van der Waals surface area (Å²) < 4.78 is 0. The summed E-state index contributed by atoms with van der Waals surface area (Å²) >= 11 is 6.24. The second kappa shape index (κ2) is 9.15. The minimum Gasteiger partial charge on any atom is -0.386 e. The van der Waals surface area contributed by atoms with E-state index in [0.717, 1.165) is 5.56 Å². The number of aliphatic hydroxyl groups is 1. The number of hydrogen-bond donors (Lipinski definition) is 2. The van der Waals surface area contributed by atoms with Crippen LogP contribution in [0.3, 0.4) is 0 Å². The molecule has 2 N–H and O–H groups in total. The van der Waals surface area contributed by atoms with Crippen LogP contribution in [-0.2, 0) is 0 Å². The third-order valence-corrected chi connectivity index (χ3v) is 6.17. The quantitative estimate of drug-likeness (QED) is 0.597. The normalized spacial score (nSPS) is 20.2. The molecule has 0 radical (unpaired) electrons. The van der Waals surface area contributed by atoms with E-state index >= 15 is 0 Å². The van der Waals surface area contributed by atoms with Crippen molar-refractivity contribution in [2.45, 2.75) is 38.5 Å². The first-order chi connectivity index (χ1) is 15.4. The number of halogens is 1. The van der Waals surface area contributed by atoms with Crippen LogP contribution in [0, 0.1) is 6.92 Å². The maximum absolute atomic E-state index is 13.4. The van der Waals surface area contributed by atoms with Gasteiger partial charge in [-0.15, -0.1) is 0 Å². The van der Waals surface area contributed by atoms with Crippen molar-refractivity contribution >= 4 is 29.1 Å². The Labute approximate surface area is 192 Å². The van der Waals surface area contributed by atoms with Gasteiger partial charge in [0.25, 0.3) is 11.8 Å². The average molecular weight is 449 g/mol. The highest BCUT2D eigenvalue weighted by Crippen LogP contribution is 2.38. The molecule has 0 bridgehead atoms. The largest absolute Gasteiger partial charge is 0.386 e. The van der Waals surface area contributed by atoms with E-state index in [2.05, 4.69) is 5.32 Å². The Morgan fingerprint density at radius 1 is 1.03 bits per heavy atom. The van der Waals surface area contributed by atoms with E-state index in [4.69, 9.17) is 11.6 Å². The molecule has 4 rings (SSSR count). The number of nitrogens with zero attached hydrogens (tertiary/aromatic N) is 1. The Bertz CT molecular complexity index is 1150. The summed E-state index contributed by atoms with van der Waals surface area (Å²) in [6, 6.07) is 20.6. The highest BCUT2D eigenvalue weighted by molar-refractivity contribution is 6.30. The lowest BCUT2D eigenvalue weighted by atomic mass is 9.98. The molecule has 0 saturated carbocycles. The van der Waals surface area contributed by atoms with Crippen molar-refractivity contribution in [1.82, 2.24) is 5.32 Å². The molecule has 6 heteroatoms. The fraction of sp³-hybridized carbons (Fsp3) is 0.231. The van der Waals surface area contributed by atoms with Crippen LogP contribution in [0.2, 0.25) is 5.02 Å². The number of hydrogen-bond acceptors (Lipinski definition) is 3. The first-order valence-corrected chi connectivity index (χ1v) is 11.0. The predicted molar refractivity (Wildman–Crippen MR) is 126 cm³/mol. The highest BCUT2D eigenvalue weighted by Gasteiger charge is 2.37. The number of amides is 2. The highest BCUT2D eigenvalue weighted by atomic mass is 35.5. The van der Waals surface area contributed by atoms with Crippen LogP contribution in [0.25, 0.3) is 0 Å². The van der Waals surface area contributed by atoms with Crippen LogP contribution in [0.15, 0.2) is 72.8 Å². The van der Waals surface area contributed by atoms with Crippen molar-refractivity contribution in [3.8, 4) is 0 Å². The van der Waals surface area contributed by atoms with Crippen LogP contribution < -0.4 is 10.2 Å². The van der Waals surface area contributed by atoms with Gasteiger partial charge in [0.1, 0.15) is 6.10 Å². The number of anilines is 1. The van der Waals surface area contributed by atoms with E-state index in [0.29, 0.717) is 33.8 Å². The topological polar surface area (TPSA) is 69.6 Å². The molecule has 0 fully saturated rings. The minimum absolute atomic E-state index is 0.167.